The Balaban J connectivity index is 2.10. The lowest BCUT2D eigenvalue weighted by atomic mass is 10.2. The molecule has 0 aliphatic heterocycles. The number of halogens is 2. The van der Waals surface area contributed by atoms with E-state index in [1.165, 1.54) is 6.21 Å². The lowest BCUT2D eigenvalue weighted by Gasteiger charge is -1.99. The predicted molar refractivity (Wildman–Crippen MR) is 70.3 cm³/mol. The summed E-state index contributed by atoms with van der Waals surface area (Å²) in [6.07, 6.45) is 2.54. The van der Waals surface area contributed by atoms with Crippen LogP contribution < -0.4 is 11.0 Å². The number of hydrazone groups is 1. The summed E-state index contributed by atoms with van der Waals surface area (Å²) >= 11 is 11.7. The maximum Gasteiger partial charge on any atom is 0.271 e. The maximum absolute atomic E-state index is 10.9. The van der Waals surface area contributed by atoms with E-state index in [-0.39, 0.29) is 11.5 Å². The number of aromatic amines is 1. The molecule has 1 aromatic heterocycles. The molecule has 92 valence electrons. The van der Waals surface area contributed by atoms with Crippen LogP contribution in [-0.2, 0) is 0 Å². The van der Waals surface area contributed by atoms with Gasteiger partial charge in [-0.2, -0.15) is 5.10 Å². The summed E-state index contributed by atoms with van der Waals surface area (Å²) < 4.78 is 0. The first-order valence-electron chi connectivity index (χ1n) is 4.81. The van der Waals surface area contributed by atoms with Gasteiger partial charge in [-0.1, -0.05) is 29.3 Å². The van der Waals surface area contributed by atoms with Crippen molar-refractivity contribution in [2.75, 3.05) is 5.43 Å². The molecule has 0 radical (unpaired) electrons. The lowest BCUT2D eigenvalue weighted by molar-refractivity contribution is 0.939. The van der Waals surface area contributed by atoms with Gasteiger partial charge < -0.3 is 0 Å². The fourth-order valence-electron chi connectivity index (χ4n) is 1.13. The van der Waals surface area contributed by atoms with E-state index < -0.39 is 0 Å². The van der Waals surface area contributed by atoms with Crippen LogP contribution in [0.2, 0.25) is 10.0 Å². The van der Waals surface area contributed by atoms with Crippen LogP contribution in [0.5, 0.6) is 0 Å². The Hall–Kier alpha value is -1.92. The van der Waals surface area contributed by atoms with E-state index in [2.05, 4.69) is 25.7 Å². The molecule has 0 saturated carbocycles. The lowest BCUT2D eigenvalue weighted by Crippen LogP contribution is -2.10. The summed E-state index contributed by atoms with van der Waals surface area (Å²) in [6, 6.07) is 5.02. The van der Waals surface area contributed by atoms with Crippen LogP contribution >= 0.6 is 23.2 Å². The molecular weight excluding hydrogens is 277 g/mol. The normalized spacial score (nSPS) is 10.8. The quantitative estimate of drug-likeness (QED) is 0.666. The number of H-pyrrole nitrogens is 1. The van der Waals surface area contributed by atoms with E-state index in [0.29, 0.717) is 15.6 Å². The van der Waals surface area contributed by atoms with Crippen molar-refractivity contribution in [2.45, 2.75) is 0 Å². The first-order chi connectivity index (χ1) is 8.65. The molecule has 0 saturated heterocycles. The molecule has 0 amide bonds. The van der Waals surface area contributed by atoms with Crippen LogP contribution in [0.15, 0.2) is 34.3 Å². The molecule has 0 bridgehead atoms. The number of aromatic nitrogens is 3. The average Bonchev–Trinajstić information content (AvgIpc) is 2.32. The van der Waals surface area contributed by atoms with Gasteiger partial charge in [0, 0.05) is 10.6 Å². The van der Waals surface area contributed by atoms with Crippen LogP contribution in [0, 0.1) is 0 Å². The Kier molecular flexibility index (Phi) is 3.91. The first-order valence-corrected chi connectivity index (χ1v) is 5.57. The van der Waals surface area contributed by atoms with E-state index in [1.54, 1.807) is 18.2 Å². The standard InChI is InChI=1S/C10H7Cl2N5O/c11-7-2-1-6(8(12)3-7)4-13-16-10-15-9(18)5-14-17-10/h1-5H,(H2,15,16,17,18)/b13-4-. The summed E-state index contributed by atoms with van der Waals surface area (Å²) in [5.41, 5.74) is 2.84. The van der Waals surface area contributed by atoms with Gasteiger partial charge in [-0.3, -0.25) is 9.78 Å². The van der Waals surface area contributed by atoms with Crippen molar-refractivity contribution < 1.29 is 0 Å². The molecule has 0 unspecified atom stereocenters. The fourth-order valence-corrected chi connectivity index (χ4v) is 1.59. The summed E-state index contributed by atoms with van der Waals surface area (Å²) in [7, 11) is 0. The molecule has 1 aromatic carbocycles. The SMILES string of the molecule is O=c1cnnc(N/N=C\c2ccc(Cl)cc2Cl)[nH]1. The van der Waals surface area contributed by atoms with Gasteiger partial charge in [-0.05, 0) is 12.1 Å². The van der Waals surface area contributed by atoms with Crippen LogP contribution in [-0.4, -0.2) is 21.4 Å². The Morgan fingerprint density at radius 3 is 2.94 bits per heavy atom. The number of benzene rings is 1. The Morgan fingerprint density at radius 1 is 1.39 bits per heavy atom. The van der Waals surface area contributed by atoms with Crippen molar-refractivity contribution >= 4 is 35.4 Å². The molecular formula is C10H7Cl2N5O. The van der Waals surface area contributed by atoms with E-state index in [9.17, 15) is 4.79 Å². The molecule has 0 atom stereocenters. The highest BCUT2D eigenvalue weighted by molar-refractivity contribution is 6.36. The smallest absolute Gasteiger partial charge is 0.271 e. The van der Waals surface area contributed by atoms with Crippen LogP contribution in [0.3, 0.4) is 0 Å². The van der Waals surface area contributed by atoms with Crippen molar-refractivity contribution in [1.29, 1.82) is 0 Å². The third kappa shape index (κ3) is 3.28. The zero-order valence-electron chi connectivity index (χ0n) is 8.89. The van der Waals surface area contributed by atoms with Gasteiger partial charge in [0.05, 0.1) is 11.2 Å². The third-order valence-electron chi connectivity index (χ3n) is 1.91. The van der Waals surface area contributed by atoms with Gasteiger partial charge >= 0.3 is 0 Å². The molecule has 1 heterocycles. The number of rotatable bonds is 3. The van der Waals surface area contributed by atoms with Crippen LogP contribution in [0.4, 0.5) is 5.95 Å². The molecule has 18 heavy (non-hydrogen) atoms. The minimum atomic E-state index is -0.368. The summed E-state index contributed by atoms with van der Waals surface area (Å²) in [4.78, 5) is 13.3. The Bertz CT molecular complexity index is 640. The topological polar surface area (TPSA) is 83.0 Å². The number of hydrogen-bond donors (Lipinski definition) is 2. The molecule has 8 heteroatoms. The minimum absolute atomic E-state index is 0.142. The number of nitrogens with zero attached hydrogens (tertiary/aromatic N) is 3. The number of nitrogens with one attached hydrogen (secondary N) is 2. The zero-order valence-corrected chi connectivity index (χ0v) is 10.4. The first kappa shape index (κ1) is 12.5. The highest BCUT2D eigenvalue weighted by Crippen LogP contribution is 2.19. The molecule has 0 aliphatic rings. The molecule has 2 N–H and O–H groups in total. The van der Waals surface area contributed by atoms with E-state index in [1.807, 2.05) is 0 Å². The maximum atomic E-state index is 10.9. The van der Waals surface area contributed by atoms with E-state index >= 15 is 0 Å². The van der Waals surface area contributed by atoms with Gasteiger partial charge in [0.15, 0.2) is 0 Å². The van der Waals surface area contributed by atoms with E-state index in [0.717, 1.165) is 6.20 Å². The predicted octanol–water partition coefficient (Wildman–Crippen LogP) is 1.92. The van der Waals surface area contributed by atoms with Crippen molar-refractivity contribution in [2.24, 2.45) is 5.10 Å². The van der Waals surface area contributed by atoms with Crippen molar-refractivity contribution in [3.05, 3.63) is 50.4 Å². The van der Waals surface area contributed by atoms with Gasteiger partial charge in [0.25, 0.3) is 5.56 Å². The van der Waals surface area contributed by atoms with Gasteiger partial charge in [-0.25, -0.2) is 5.43 Å². The van der Waals surface area contributed by atoms with Crippen LogP contribution in [0.1, 0.15) is 5.56 Å². The largest absolute Gasteiger partial charge is 0.289 e. The average molecular weight is 284 g/mol. The molecule has 0 spiro atoms. The zero-order chi connectivity index (χ0) is 13.0. The monoisotopic (exact) mass is 283 g/mol. The second kappa shape index (κ2) is 5.61. The molecule has 0 aliphatic carbocycles. The third-order valence-corrected chi connectivity index (χ3v) is 2.47. The fraction of sp³-hybridized carbons (Fsp3) is 0. The second-order valence-electron chi connectivity index (χ2n) is 3.22. The van der Waals surface area contributed by atoms with Gasteiger partial charge in [0.1, 0.15) is 6.20 Å². The number of anilines is 1. The number of hydrogen-bond acceptors (Lipinski definition) is 5. The molecule has 2 aromatic rings. The Morgan fingerprint density at radius 2 is 2.22 bits per heavy atom. The minimum Gasteiger partial charge on any atom is -0.289 e. The summed E-state index contributed by atoms with van der Waals surface area (Å²) in [6.45, 7) is 0. The summed E-state index contributed by atoms with van der Waals surface area (Å²) in [5.74, 6) is 0.142. The Labute approximate surface area is 112 Å². The van der Waals surface area contributed by atoms with Crippen molar-refractivity contribution in [1.82, 2.24) is 15.2 Å². The molecule has 0 fully saturated rings. The van der Waals surface area contributed by atoms with Gasteiger partial charge in [0.2, 0.25) is 5.95 Å². The molecule has 2 rings (SSSR count). The highest BCUT2D eigenvalue weighted by atomic mass is 35.5. The van der Waals surface area contributed by atoms with E-state index in [4.69, 9.17) is 23.2 Å². The van der Waals surface area contributed by atoms with Crippen molar-refractivity contribution in [3.63, 3.8) is 0 Å². The second-order valence-corrected chi connectivity index (χ2v) is 4.06. The van der Waals surface area contributed by atoms with Crippen LogP contribution in [0.25, 0.3) is 0 Å². The van der Waals surface area contributed by atoms with Gasteiger partial charge in [-0.15, -0.1) is 10.2 Å². The highest BCUT2D eigenvalue weighted by Gasteiger charge is 1.98. The summed E-state index contributed by atoms with van der Waals surface area (Å²) in [5, 5.41) is 12.0. The van der Waals surface area contributed by atoms with Crippen molar-refractivity contribution in [3.8, 4) is 0 Å². The molecule has 6 nitrogen and oxygen atoms in total.